The van der Waals surface area contributed by atoms with E-state index < -0.39 is 31.4 Å². The number of aromatic nitrogens is 2. The number of para-hydroxylation sites is 1. The summed E-state index contributed by atoms with van der Waals surface area (Å²) in [6.45, 7) is 4.30. The maximum atomic E-state index is 13.6. The molecule has 0 spiro atoms. The smallest absolute Gasteiger partial charge is 0.286 e. The lowest BCUT2D eigenvalue weighted by atomic mass is 10.1. The van der Waals surface area contributed by atoms with Gasteiger partial charge in [-0.05, 0) is 54.8 Å². The molecule has 0 amide bonds. The molecule has 0 unspecified atom stereocenters. The van der Waals surface area contributed by atoms with Crippen LogP contribution in [0, 0.1) is 5.92 Å². The molecule has 214 valence electrons. The van der Waals surface area contributed by atoms with Crippen LogP contribution in [0.25, 0.3) is 11.0 Å². The number of ether oxygens (including phenoxy) is 1. The summed E-state index contributed by atoms with van der Waals surface area (Å²) < 4.78 is 65.3. The van der Waals surface area contributed by atoms with E-state index in [2.05, 4.69) is 19.4 Å². The van der Waals surface area contributed by atoms with E-state index in [4.69, 9.17) is 4.74 Å². The van der Waals surface area contributed by atoms with Gasteiger partial charge in [-0.25, -0.2) is 13.4 Å². The fourth-order valence-corrected chi connectivity index (χ4v) is 6.82. The lowest BCUT2D eigenvalue weighted by Crippen LogP contribution is -2.33. The Labute approximate surface area is 236 Å². The summed E-state index contributed by atoms with van der Waals surface area (Å²) in [4.78, 5) is 17.4. The Hall–Kier alpha value is -4.43. The molecular weight excluding hydrogens is 570 g/mol. The van der Waals surface area contributed by atoms with Crippen LogP contribution in [0.15, 0.2) is 79.8 Å². The minimum absolute atomic E-state index is 0.0330. The van der Waals surface area contributed by atoms with Crippen LogP contribution >= 0.6 is 0 Å². The Morgan fingerprint density at radius 1 is 1.12 bits per heavy atom. The van der Waals surface area contributed by atoms with Gasteiger partial charge < -0.3 is 15.2 Å². The number of aryl methyl sites for hydroxylation is 1. The highest BCUT2D eigenvalue weighted by Crippen LogP contribution is 2.34. The van der Waals surface area contributed by atoms with Crippen molar-refractivity contribution in [2.45, 2.75) is 36.6 Å². The topological polar surface area (TPSA) is 169 Å². The summed E-state index contributed by atoms with van der Waals surface area (Å²) in [5, 5.41) is 14.2. The van der Waals surface area contributed by atoms with Gasteiger partial charge in [0.25, 0.3) is 25.6 Å². The van der Waals surface area contributed by atoms with Crippen LogP contribution in [0.1, 0.15) is 25.8 Å². The predicted octanol–water partition coefficient (Wildman–Crippen LogP) is 3.52. The first-order chi connectivity index (χ1) is 19.4. The summed E-state index contributed by atoms with van der Waals surface area (Å²) in [6.07, 6.45) is 2.15. The minimum Gasteiger partial charge on any atom is -0.506 e. The molecule has 0 saturated heterocycles. The van der Waals surface area contributed by atoms with Crippen molar-refractivity contribution in [2.75, 3.05) is 17.1 Å². The number of aromatic hydroxyl groups is 1. The van der Waals surface area contributed by atoms with Gasteiger partial charge in [-0.2, -0.15) is 8.42 Å². The molecule has 41 heavy (non-hydrogen) atoms. The molecule has 3 heterocycles. The third-order valence-electron chi connectivity index (χ3n) is 6.50. The zero-order valence-electron chi connectivity index (χ0n) is 22.3. The fraction of sp³-hybridized carbons (Fsp3) is 0.222. The summed E-state index contributed by atoms with van der Waals surface area (Å²) in [6, 6.07) is 13.0. The molecule has 12 nitrogen and oxygen atoms in total. The first-order valence-electron chi connectivity index (χ1n) is 12.6. The van der Waals surface area contributed by atoms with Crippen LogP contribution in [0.3, 0.4) is 0 Å². The zero-order valence-corrected chi connectivity index (χ0v) is 24.0. The number of sulfonamides is 2. The maximum Gasteiger partial charge on any atom is 0.286 e. The van der Waals surface area contributed by atoms with Crippen molar-refractivity contribution in [1.82, 2.24) is 9.55 Å². The van der Waals surface area contributed by atoms with E-state index in [0.717, 1.165) is 6.07 Å². The molecule has 2 aromatic heterocycles. The number of amidine groups is 1. The molecule has 0 bridgehead atoms. The van der Waals surface area contributed by atoms with Gasteiger partial charge in [-0.15, -0.1) is 4.40 Å². The summed E-state index contributed by atoms with van der Waals surface area (Å²) in [5.74, 6) is -0.424. The molecule has 0 fully saturated rings. The first kappa shape index (κ1) is 28.1. The maximum absolute atomic E-state index is 13.6. The molecule has 1 aliphatic heterocycles. The van der Waals surface area contributed by atoms with Gasteiger partial charge in [-0.1, -0.05) is 26.0 Å². The number of hydrogen-bond acceptors (Lipinski definition) is 9. The second kappa shape index (κ2) is 10.5. The lowest BCUT2D eigenvalue weighted by molar-refractivity contribution is 0.403. The van der Waals surface area contributed by atoms with Gasteiger partial charge >= 0.3 is 0 Å². The Balaban J connectivity index is 1.57. The molecule has 1 aliphatic rings. The summed E-state index contributed by atoms with van der Waals surface area (Å²) >= 11 is 0. The number of hydrogen-bond donors (Lipinski definition) is 3. The average Bonchev–Trinajstić information content (AvgIpc) is 2.93. The summed E-state index contributed by atoms with van der Waals surface area (Å²) in [7, 11) is -7.22. The zero-order chi connectivity index (χ0) is 29.5. The lowest BCUT2D eigenvalue weighted by Gasteiger charge is -2.21. The van der Waals surface area contributed by atoms with Crippen LogP contribution in [-0.4, -0.2) is 44.4 Å². The highest BCUT2D eigenvalue weighted by Gasteiger charge is 2.31. The van der Waals surface area contributed by atoms with Crippen LogP contribution in [-0.2, 0) is 26.6 Å². The number of benzene rings is 2. The van der Waals surface area contributed by atoms with E-state index in [9.17, 15) is 26.7 Å². The second-order valence-electron chi connectivity index (χ2n) is 9.74. The van der Waals surface area contributed by atoms with Crippen LogP contribution in [0.2, 0.25) is 0 Å². The van der Waals surface area contributed by atoms with Gasteiger partial charge in [-0.3, -0.25) is 14.1 Å². The van der Waals surface area contributed by atoms with Crippen molar-refractivity contribution in [2.24, 2.45) is 10.3 Å². The van der Waals surface area contributed by atoms with Crippen molar-refractivity contribution in [3.8, 4) is 11.5 Å². The molecule has 0 radical (unpaired) electrons. The number of fused-ring (bicyclic) bond motifs is 2. The molecule has 2 aromatic carbocycles. The Bertz CT molecular complexity index is 1990. The minimum atomic E-state index is -4.43. The predicted molar refractivity (Wildman–Crippen MR) is 155 cm³/mol. The van der Waals surface area contributed by atoms with Crippen LogP contribution in [0.5, 0.6) is 11.5 Å². The Morgan fingerprint density at radius 2 is 1.88 bits per heavy atom. The molecule has 14 heteroatoms. The second-order valence-corrected chi connectivity index (χ2v) is 13.0. The van der Waals surface area contributed by atoms with E-state index in [0.29, 0.717) is 13.0 Å². The van der Waals surface area contributed by atoms with E-state index in [1.165, 1.54) is 48.2 Å². The number of rotatable bonds is 8. The number of nitrogens with one attached hydrogen (secondary N) is 2. The largest absolute Gasteiger partial charge is 0.506 e. The molecule has 0 atom stereocenters. The van der Waals surface area contributed by atoms with Gasteiger partial charge in [0.2, 0.25) is 0 Å². The van der Waals surface area contributed by atoms with Gasteiger partial charge in [0, 0.05) is 12.7 Å². The summed E-state index contributed by atoms with van der Waals surface area (Å²) in [5.41, 5.74) is -0.681. The van der Waals surface area contributed by atoms with Crippen molar-refractivity contribution in [3.63, 3.8) is 0 Å². The van der Waals surface area contributed by atoms with E-state index in [1.54, 1.807) is 18.2 Å². The number of nitrogens with zero attached hydrogens (tertiary/aromatic N) is 3. The molecule has 0 aliphatic carbocycles. The van der Waals surface area contributed by atoms with E-state index >= 15 is 0 Å². The van der Waals surface area contributed by atoms with Gasteiger partial charge in [0.05, 0.1) is 23.9 Å². The number of pyridine rings is 2. The Morgan fingerprint density at radius 3 is 2.61 bits per heavy atom. The molecule has 4 aromatic rings. The number of anilines is 2. The van der Waals surface area contributed by atoms with E-state index in [-0.39, 0.29) is 55.3 Å². The highest BCUT2D eigenvalue weighted by molar-refractivity contribution is 7.93. The Kier molecular flexibility index (Phi) is 7.21. The molecule has 3 N–H and O–H groups in total. The van der Waals surface area contributed by atoms with Crippen molar-refractivity contribution >= 4 is 48.3 Å². The van der Waals surface area contributed by atoms with Gasteiger partial charge in [0.1, 0.15) is 32.5 Å². The van der Waals surface area contributed by atoms with Crippen LogP contribution in [0.4, 0.5) is 11.4 Å². The SMILES string of the molecule is COc1ccccc1S(=O)(=O)Nc1ccc2c(c1)S(=O)(=O)N=C(c1c(O)c3cccnc3n(CCC(C)C)c1=O)N2. The van der Waals surface area contributed by atoms with Crippen LogP contribution < -0.4 is 20.3 Å². The highest BCUT2D eigenvalue weighted by atomic mass is 32.2. The quantitative estimate of drug-likeness (QED) is 0.275. The number of methoxy groups -OCH3 is 1. The van der Waals surface area contributed by atoms with Gasteiger partial charge in [0.15, 0.2) is 5.84 Å². The first-order valence-corrected chi connectivity index (χ1v) is 15.5. The molecule has 0 saturated carbocycles. The third kappa shape index (κ3) is 5.23. The standard InChI is InChI=1S/C27H27N5O7S2/c1-16(2)12-14-32-26-18(7-6-13-28-26)24(33)23(27(32)34)25-29-19-11-10-17(15-22(19)41(37,38)31-25)30-40(35,36)21-9-5-4-8-20(21)39-3/h4-11,13,15-16,30,33H,12,14H2,1-3H3,(H,29,31). The molecule has 5 rings (SSSR count). The monoisotopic (exact) mass is 597 g/mol. The van der Waals surface area contributed by atoms with Crippen molar-refractivity contribution in [1.29, 1.82) is 0 Å². The van der Waals surface area contributed by atoms with Crippen molar-refractivity contribution < 1.29 is 26.7 Å². The third-order valence-corrected chi connectivity index (χ3v) is 9.23. The normalized spacial score (nSPS) is 14.3. The average molecular weight is 598 g/mol. The van der Waals surface area contributed by atoms with Crippen molar-refractivity contribution in [3.05, 3.63) is 76.7 Å². The van der Waals surface area contributed by atoms with E-state index in [1.807, 2.05) is 13.8 Å². The fourth-order valence-electron chi connectivity index (χ4n) is 4.45. The molecular formula is C27H27N5O7S2.